The smallest absolute Gasteiger partial charge is 0.393 e. The van der Waals surface area contributed by atoms with Gasteiger partial charge >= 0.3 is 6.18 Å². The van der Waals surface area contributed by atoms with Gasteiger partial charge in [-0.1, -0.05) is 22.0 Å². The first kappa shape index (κ1) is 16.6. The highest BCUT2D eigenvalue weighted by Gasteiger charge is 2.41. The van der Waals surface area contributed by atoms with Crippen LogP contribution in [0.15, 0.2) is 22.7 Å². The normalized spacial score (nSPS) is 20.5. The number of hydrogen-bond acceptors (Lipinski definition) is 2. The fraction of sp³-hybridized carbons (Fsp3) is 0.600. The molecule has 1 fully saturated rings. The van der Waals surface area contributed by atoms with Crippen LogP contribution in [0.25, 0.3) is 0 Å². The van der Waals surface area contributed by atoms with Crippen molar-refractivity contribution in [3.05, 3.63) is 28.2 Å². The monoisotopic (exact) mass is 365 g/mol. The van der Waals surface area contributed by atoms with Crippen LogP contribution in [-0.2, 0) is 6.54 Å². The fourth-order valence-electron chi connectivity index (χ4n) is 2.67. The lowest BCUT2D eigenvalue weighted by molar-refractivity contribution is -0.187. The summed E-state index contributed by atoms with van der Waals surface area (Å²) < 4.78 is 45.1. The molecule has 2 rings (SSSR count). The lowest BCUT2D eigenvalue weighted by Crippen LogP contribution is -2.41. The summed E-state index contributed by atoms with van der Waals surface area (Å²) >= 11 is 3.47. The Balaban J connectivity index is 2.11. The van der Waals surface area contributed by atoms with E-state index in [4.69, 9.17) is 4.74 Å². The van der Waals surface area contributed by atoms with Gasteiger partial charge < -0.3 is 4.74 Å². The lowest BCUT2D eigenvalue weighted by atomic mass is 9.97. The van der Waals surface area contributed by atoms with Gasteiger partial charge in [0.25, 0.3) is 0 Å². The van der Waals surface area contributed by atoms with E-state index in [1.807, 2.05) is 30.0 Å². The molecular formula is C15H19BrF3NO. The fourth-order valence-corrected chi connectivity index (χ4v) is 3.15. The summed E-state index contributed by atoms with van der Waals surface area (Å²) in [7, 11) is 0. The first-order chi connectivity index (χ1) is 9.91. The van der Waals surface area contributed by atoms with Crippen molar-refractivity contribution < 1.29 is 17.9 Å². The number of rotatable bonds is 4. The van der Waals surface area contributed by atoms with Crippen LogP contribution in [0.4, 0.5) is 13.2 Å². The Kier molecular flexibility index (Phi) is 5.54. The first-order valence-electron chi connectivity index (χ1n) is 7.11. The van der Waals surface area contributed by atoms with Crippen LogP contribution in [0.3, 0.4) is 0 Å². The Hall–Kier alpha value is -0.750. The van der Waals surface area contributed by atoms with E-state index in [-0.39, 0.29) is 13.0 Å². The highest BCUT2D eigenvalue weighted by molar-refractivity contribution is 9.10. The third-order valence-electron chi connectivity index (χ3n) is 3.73. The highest BCUT2D eigenvalue weighted by atomic mass is 79.9. The number of ether oxygens (including phenoxy) is 1. The number of likely N-dealkylation sites (tertiary alicyclic amines) is 1. The minimum atomic E-state index is -4.10. The van der Waals surface area contributed by atoms with E-state index in [1.165, 1.54) is 0 Å². The van der Waals surface area contributed by atoms with Crippen LogP contribution in [0.1, 0.15) is 25.3 Å². The number of nitrogens with zero attached hydrogens (tertiary/aromatic N) is 1. The number of benzene rings is 1. The second kappa shape index (κ2) is 7.01. The van der Waals surface area contributed by atoms with Gasteiger partial charge in [-0.05, 0) is 38.4 Å². The summed E-state index contributed by atoms with van der Waals surface area (Å²) in [5.74, 6) is -0.481. The Morgan fingerprint density at radius 1 is 1.38 bits per heavy atom. The van der Waals surface area contributed by atoms with Crippen molar-refractivity contribution in [2.75, 3.05) is 19.7 Å². The molecule has 1 unspecified atom stereocenters. The molecule has 1 aliphatic rings. The van der Waals surface area contributed by atoms with Crippen molar-refractivity contribution >= 4 is 15.9 Å². The molecule has 0 aromatic heterocycles. The SMILES string of the molecule is CCOc1cccc(Br)c1CN1CCCC(C(F)(F)F)C1. The molecule has 0 bridgehead atoms. The minimum absolute atomic E-state index is 0.0659. The third kappa shape index (κ3) is 4.36. The molecule has 1 atom stereocenters. The Morgan fingerprint density at radius 2 is 2.14 bits per heavy atom. The summed E-state index contributed by atoms with van der Waals surface area (Å²) in [5.41, 5.74) is 0.919. The zero-order chi connectivity index (χ0) is 15.5. The molecule has 1 heterocycles. The van der Waals surface area contributed by atoms with Gasteiger partial charge in [0.1, 0.15) is 5.75 Å². The summed E-state index contributed by atoms with van der Waals surface area (Å²) in [6.07, 6.45) is -3.29. The maximum Gasteiger partial charge on any atom is 0.393 e. The summed E-state index contributed by atoms with van der Waals surface area (Å²) in [6, 6.07) is 5.62. The number of alkyl halides is 3. The summed E-state index contributed by atoms with van der Waals surface area (Å²) in [6.45, 7) is 3.67. The lowest BCUT2D eigenvalue weighted by Gasteiger charge is -2.34. The van der Waals surface area contributed by atoms with Crippen LogP contribution in [0.5, 0.6) is 5.75 Å². The second-order valence-corrected chi connectivity index (χ2v) is 6.12. The van der Waals surface area contributed by atoms with Gasteiger partial charge in [0.2, 0.25) is 0 Å². The van der Waals surface area contributed by atoms with Crippen LogP contribution in [-0.4, -0.2) is 30.8 Å². The van der Waals surface area contributed by atoms with Crippen LogP contribution < -0.4 is 4.74 Å². The molecule has 1 aromatic rings. The highest BCUT2D eigenvalue weighted by Crippen LogP contribution is 2.35. The van der Waals surface area contributed by atoms with Crippen molar-refractivity contribution in [3.63, 3.8) is 0 Å². The first-order valence-corrected chi connectivity index (χ1v) is 7.90. The largest absolute Gasteiger partial charge is 0.494 e. The van der Waals surface area contributed by atoms with Gasteiger partial charge in [-0.25, -0.2) is 0 Å². The molecule has 0 spiro atoms. The van der Waals surface area contributed by atoms with E-state index in [0.29, 0.717) is 26.1 Å². The molecule has 0 aliphatic carbocycles. The van der Waals surface area contributed by atoms with Crippen molar-refractivity contribution in [1.82, 2.24) is 4.90 Å². The van der Waals surface area contributed by atoms with Crippen molar-refractivity contribution in [2.45, 2.75) is 32.5 Å². The van der Waals surface area contributed by atoms with Gasteiger partial charge in [0.05, 0.1) is 12.5 Å². The Labute approximate surface area is 131 Å². The average molecular weight is 366 g/mol. The van der Waals surface area contributed by atoms with Gasteiger partial charge in [-0.2, -0.15) is 13.2 Å². The molecule has 21 heavy (non-hydrogen) atoms. The molecule has 1 aliphatic heterocycles. The van der Waals surface area contributed by atoms with Gasteiger partial charge in [0.15, 0.2) is 0 Å². The van der Waals surface area contributed by atoms with Crippen molar-refractivity contribution in [2.24, 2.45) is 5.92 Å². The molecular weight excluding hydrogens is 347 g/mol. The van der Waals surface area contributed by atoms with Crippen LogP contribution >= 0.6 is 15.9 Å². The quantitative estimate of drug-likeness (QED) is 0.771. The number of hydrogen-bond donors (Lipinski definition) is 0. The second-order valence-electron chi connectivity index (χ2n) is 5.27. The van der Waals surface area contributed by atoms with Gasteiger partial charge in [0, 0.05) is 23.1 Å². The molecule has 6 heteroatoms. The Bertz CT molecular complexity index is 478. The third-order valence-corrected chi connectivity index (χ3v) is 4.47. The van der Waals surface area contributed by atoms with Crippen LogP contribution in [0.2, 0.25) is 0 Å². The number of halogens is 4. The maximum atomic E-state index is 12.9. The van der Waals surface area contributed by atoms with Gasteiger partial charge in [-0.3, -0.25) is 4.90 Å². The topological polar surface area (TPSA) is 12.5 Å². The zero-order valence-electron chi connectivity index (χ0n) is 11.9. The maximum absolute atomic E-state index is 12.9. The minimum Gasteiger partial charge on any atom is -0.494 e. The number of piperidine rings is 1. The molecule has 1 aromatic carbocycles. The van der Waals surface area contributed by atoms with E-state index in [9.17, 15) is 13.2 Å². The van der Waals surface area contributed by atoms with E-state index in [0.717, 1.165) is 15.8 Å². The predicted molar refractivity (Wildman–Crippen MR) is 79.4 cm³/mol. The van der Waals surface area contributed by atoms with Crippen LogP contribution in [0, 0.1) is 5.92 Å². The molecule has 118 valence electrons. The van der Waals surface area contributed by atoms with Crippen molar-refractivity contribution in [1.29, 1.82) is 0 Å². The molecule has 2 nitrogen and oxygen atoms in total. The zero-order valence-corrected chi connectivity index (χ0v) is 13.5. The van der Waals surface area contributed by atoms with E-state index in [1.54, 1.807) is 0 Å². The molecule has 1 saturated heterocycles. The summed E-state index contributed by atoms with van der Waals surface area (Å²) in [5, 5.41) is 0. The average Bonchev–Trinajstić information content (AvgIpc) is 2.42. The molecule has 0 amide bonds. The van der Waals surface area contributed by atoms with E-state index in [2.05, 4.69) is 15.9 Å². The summed E-state index contributed by atoms with van der Waals surface area (Å²) in [4.78, 5) is 1.87. The van der Waals surface area contributed by atoms with E-state index < -0.39 is 12.1 Å². The van der Waals surface area contributed by atoms with Crippen molar-refractivity contribution in [3.8, 4) is 5.75 Å². The molecule has 0 N–H and O–H groups in total. The molecule has 0 saturated carbocycles. The molecule has 0 radical (unpaired) electrons. The standard InChI is InChI=1S/C15H19BrF3NO/c1-2-21-14-7-3-6-13(16)12(14)10-20-8-4-5-11(9-20)15(17,18)19/h3,6-7,11H,2,4-5,8-10H2,1H3. The van der Waals surface area contributed by atoms with Gasteiger partial charge in [-0.15, -0.1) is 0 Å². The predicted octanol–water partition coefficient (Wildman–Crippen LogP) is 4.62. The Morgan fingerprint density at radius 3 is 2.81 bits per heavy atom. The van der Waals surface area contributed by atoms with E-state index >= 15 is 0 Å².